The number of hydrogen-bond donors (Lipinski definition) is 1. The first-order chi connectivity index (χ1) is 9.72. The van der Waals surface area contributed by atoms with E-state index in [4.69, 9.17) is 4.74 Å². The molecule has 20 heavy (non-hydrogen) atoms. The summed E-state index contributed by atoms with van der Waals surface area (Å²) < 4.78 is 6.95. The van der Waals surface area contributed by atoms with Crippen molar-refractivity contribution in [2.24, 2.45) is 0 Å². The van der Waals surface area contributed by atoms with Crippen molar-refractivity contribution in [2.45, 2.75) is 12.5 Å². The molecule has 2 aromatic rings. The predicted molar refractivity (Wildman–Crippen MR) is 87.2 cm³/mol. The van der Waals surface area contributed by atoms with Gasteiger partial charge in [0, 0.05) is 9.99 Å². The molecule has 0 fully saturated rings. The Kier molecular flexibility index (Phi) is 3.91. The average Bonchev–Trinajstić information content (AvgIpc) is 2.49. The molecule has 0 saturated carbocycles. The average molecular weight is 379 g/mol. The number of nitrogens with one attached hydrogen (secondary N) is 1. The van der Waals surface area contributed by atoms with Crippen molar-refractivity contribution in [1.82, 2.24) is 0 Å². The maximum absolute atomic E-state index is 12.3. The third-order valence-electron chi connectivity index (χ3n) is 3.28. The van der Waals surface area contributed by atoms with Gasteiger partial charge in [-0.15, -0.1) is 0 Å². The summed E-state index contributed by atoms with van der Waals surface area (Å²) in [6, 6.07) is 15.7. The van der Waals surface area contributed by atoms with Gasteiger partial charge in [-0.1, -0.05) is 24.3 Å². The van der Waals surface area contributed by atoms with Crippen LogP contribution in [0.15, 0.2) is 48.5 Å². The Morgan fingerprint density at radius 1 is 1.20 bits per heavy atom. The Labute approximate surface area is 131 Å². The zero-order chi connectivity index (χ0) is 13.9. The number of hydrogen-bond acceptors (Lipinski definition) is 3. The maximum atomic E-state index is 12.3. The van der Waals surface area contributed by atoms with Crippen LogP contribution in [0, 0.1) is 3.57 Å². The number of halogens is 1. The lowest BCUT2D eigenvalue weighted by Crippen LogP contribution is -2.38. The number of carbonyl (C=O) groups is 1. The van der Waals surface area contributed by atoms with Crippen molar-refractivity contribution in [3.8, 4) is 5.75 Å². The molecule has 3 nitrogen and oxygen atoms in total. The number of ether oxygens (including phenoxy) is 1. The zero-order valence-electron chi connectivity index (χ0n) is 10.8. The highest BCUT2D eigenvalue weighted by atomic mass is 127. The van der Waals surface area contributed by atoms with Gasteiger partial charge in [0.15, 0.2) is 11.9 Å². The SMILES string of the molecule is O=C(Cc1ccc(I)cc1)C1CNc2ccccc2O1. The monoisotopic (exact) mass is 379 g/mol. The third-order valence-corrected chi connectivity index (χ3v) is 4.00. The molecule has 1 heterocycles. The van der Waals surface area contributed by atoms with Crippen LogP contribution >= 0.6 is 22.6 Å². The fraction of sp³-hybridized carbons (Fsp3) is 0.188. The minimum Gasteiger partial charge on any atom is -0.479 e. The lowest BCUT2D eigenvalue weighted by Gasteiger charge is -2.26. The molecule has 0 radical (unpaired) electrons. The summed E-state index contributed by atoms with van der Waals surface area (Å²) in [6.45, 7) is 0.528. The summed E-state index contributed by atoms with van der Waals surface area (Å²) in [4.78, 5) is 12.3. The number of carbonyl (C=O) groups excluding carboxylic acids is 1. The van der Waals surface area contributed by atoms with Crippen LogP contribution < -0.4 is 10.1 Å². The second kappa shape index (κ2) is 5.83. The van der Waals surface area contributed by atoms with Gasteiger partial charge in [0.25, 0.3) is 0 Å². The molecule has 3 rings (SSSR count). The molecule has 1 aliphatic heterocycles. The van der Waals surface area contributed by atoms with Crippen LogP contribution in [-0.2, 0) is 11.2 Å². The van der Waals surface area contributed by atoms with Crippen LogP contribution in [0.4, 0.5) is 5.69 Å². The lowest BCUT2D eigenvalue weighted by atomic mass is 10.0. The highest BCUT2D eigenvalue weighted by molar-refractivity contribution is 14.1. The summed E-state index contributed by atoms with van der Waals surface area (Å²) in [7, 11) is 0. The highest BCUT2D eigenvalue weighted by Gasteiger charge is 2.25. The van der Waals surface area contributed by atoms with Gasteiger partial charge in [-0.25, -0.2) is 0 Å². The number of anilines is 1. The van der Waals surface area contributed by atoms with Crippen molar-refractivity contribution in [3.05, 3.63) is 57.7 Å². The second-order valence-corrected chi connectivity index (χ2v) is 6.00. The molecular formula is C16H14INO2. The van der Waals surface area contributed by atoms with Crippen LogP contribution in [0.3, 0.4) is 0 Å². The topological polar surface area (TPSA) is 38.3 Å². The summed E-state index contributed by atoms with van der Waals surface area (Å²) in [5, 5.41) is 3.24. The molecule has 2 aromatic carbocycles. The molecule has 4 heteroatoms. The Hall–Kier alpha value is -1.56. The van der Waals surface area contributed by atoms with E-state index in [-0.39, 0.29) is 5.78 Å². The number of benzene rings is 2. The normalized spacial score (nSPS) is 16.8. The smallest absolute Gasteiger partial charge is 0.179 e. The van der Waals surface area contributed by atoms with Crippen molar-refractivity contribution in [3.63, 3.8) is 0 Å². The molecule has 1 unspecified atom stereocenters. The third kappa shape index (κ3) is 2.95. The summed E-state index contributed by atoms with van der Waals surface area (Å²) in [5.74, 6) is 0.855. The van der Waals surface area contributed by atoms with Gasteiger partial charge in [-0.2, -0.15) is 0 Å². The van der Waals surface area contributed by atoms with Crippen molar-refractivity contribution < 1.29 is 9.53 Å². The first-order valence-corrected chi connectivity index (χ1v) is 7.57. The first-order valence-electron chi connectivity index (χ1n) is 6.49. The van der Waals surface area contributed by atoms with E-state index in [2.05, 4.69) is 27.9 Å². The molecular weight excluding hydrogens is 365 g/mol. The van der Waals surface area contributed by atoms with E-state index < -0.39 is 6.10 Å². The Balaban J connectivity index is 1.68. The van der Waals surface area contributed by atoms with Crippen LogP contribution in [0.25, 0.3) is 0 Å². The van der Waals surface area contributed by atoms with E-state index in [9.17, 15) is 4.79 Å². The zero-order valence-corrected chi connectivity index (χ0v) is 13.0. The first kappa shape index (κ1) is 13.4. The van der Waals surface area contributed by atoms with Gasteiger partial charge in [0.2, 0.25) is 0 Å². The van der Waals surface area contributed by atoms with Gasteiger partial charge >= 0.3 is 0 Å². The van der Waals surface area contributed by atoms with E-state index in [1.807, 2.05) is 48.5 Å². The number of rotatable bonds is 3. The fourth-order valence-electron chi connectivity index (χ4n) is 2.21. The summed E-state index contributed by atoms with van der Waals surface area (Å²) in [6.07, 6.45) is -0.00463. The summed E-state index contributed by atoms with van der Waals surface area (Å²) >= 11 is 2.25. The van der Waals surface area contributed by atoms with Crippen molar-refractivity contribution in [2.75, 3.05) is 11.9 Å². The van der Waals surface area contributed by atoms with Crippen LogP contribution in [-0.4, -0.2) is 18.4 Å². The molecule has 0 amide bonds. The minimum absolute atomic E-state index is 0.105. The van der Waals surface area contributed by atoms with Gasteiger partial charge in [-0.05, 0) is 52.4 Å². The van der Waals surface area contributed by atoms with Crippen molar-refractivity contribution >= 4 is 34.1 Å². The molecule has 1 aliphatic rings. The van der Waals surface area contributed by atoms with E-state index in [1.165, 1.54) is 3.57 Å². The van der Waals surface area contributed by atoms with Crippen LogP contribution in [0.1, 0.15) is 5.56 Å². The van der Waals surface area contributed by atoms with E-state index in [0.717, 1.165) is 17.0 Å². The van der Waals surface area contributed by atoms with E-state index >= 15 is 0 Å². The number of Topliss-reactive ketones (excluding diaryl/α,β-unsaturated/α-hetero) is 1. The molecule has 102 valence electrons. The van der Waals surface area contributed by atoms with Crippen molar-refractivity contribution in [1.29, 1.82) is 0 Å². The second-order valence-electron chi connectivity index (χ2n) is 4.75. The molecule has 0 spiro atoms. The molecule has 0 aromatic heterocycles. The highest BCUT2D eigenvalue weighted by Crippen LogP contribution is 2.28. The van der Waals surface area contributed by atoms with Crippen LogP contribution in [0.2, 0.25) is 0 Å². The molecule has 1 N–H and O–H groups in total. The Bertz CT molecular complexity index is 625. The quantitative estimate of drug-likeness (QED) is 0.833. The van der Waals surface area contributed by atoms with Gasteiger partial charge in [0.1, 0.15) is 5.75 Å². The largest absolute Gasteiger partial charge is 0.479 e. The van der Waals surface area contributed by atoms with Gasteiger partial charge in [-0.3, -0.25) is 4.79 Å². The number of fused-ring (bicyclic) bond motifs is 1. The molecule has 0 saturated heterocycles. The molecule has 1 atom stereocenters. The molecule has 0 bridgehead atoms. The van der Waals surface area contributed by atoms with E-state index in [1.54, 1.807) is 0 Å². The standard InChI is InChI=1S/C16H14INO2/c17-12-7-5-11(6-8-12)9-14(19)16-10-18-13-3-1-2-4-15(13)20-16/h1-8,16,18H,9-10H2. The number of para-hydroxylation sites is 2. The predicted octanol–water partition coefficient (Wildman–Crippen LogP) is 3.28. The molecule has 0 aliphatic carbocycles. The lowest BCUT2D eigenvalue weighted by molar-refractivity contribution is -0.124. The summed E-state index contributed by atoms with van der Waals surface area (Å²) in [5.41, 5.74) is 1.98. The van der Waals surface area contributed by atoms with E-state index in [0.29, 0.717) is 13.0 Å². The van der Waals surface area contributed by atoms with Crippen LogP contribution in [0.5, 0.6) is 5.75 Å². The Morgan fingerprint density at radius 2 is 1.95 bits per heavy atom. The Morgan fingerprint density at radius 3 is 2.75 bits per heavy atom. The maximum Gasteiger partial charge on any atom is 0.179 e. The van der Waals surface area contributed by atoms with Gasteiger partial charge in [0.05, 0.1) is 12.2 Å². The number of ketones is 1. The fourth-order valence-corrected chi connectivity index (χ4v) is 2.57. The minimum atomic E-state index is -0.413. The van der Waals surface area contributed by atoms with Gasteiger partial charge < -0.3 is 10.1 Å².